The number of carbonyl (C=O) groups is 2. The molecule has 1 saturated carbocycles. The summed E-state index contributed by atoms with van der Waals surface area (Å²) in [6.45, 7) is 1.57. The van der Waals surface area contributed by atoms with Gasteiger partial charge in [-0.05, 0) is 63.6 Å². The van der Waals surface area contributed by atoms with Gasteiger partial charge in [0.25, 0.3) is 5.91 Å². The van der Waals surface area contributed by atoms with E-state index >= 15 is 0 Å². The maximum atomic E-state index is 12.1. The van der Waals surface area contributed by atoms with Crippen LogP contribution in [0.5, 0.6) is 0 Å². The van der Waals surface area contributed by atoms with Crippen LogP contribution >= 0.6 is 43.2 Å². The molecule has 1 atom stereocenters. The summed E-state index contributed by atoms with van der Waals surface area (Å²) in [6, 6.07) is 1.68. The van der Waals surface area contributed by atoms with Gasteiger partial charge in [0.2, 0.25) is 0 Å². The number of nitrogens with one attached hydrogen (secondary N) is 1. The van der Waals surface area contributed by atoms with Crippen molar-refractivity contribution in [3.05, 3.63) is 19.2 Å². The van der Waals surface area contributed by atoms with Crippen LogP contribution in [0.2, 0.25) is 0 Å². The lowest BCUT2D eigenvalue weighted by Crippen LogP contribution is -2.54. The molecule has 2 N–H and O–H groups in total. The molecule has 0 bridgehead atoms. The highest BCUT2D eigenvalue weighted by Gasteiger charge is 2.48. The summed E-state index contributed by atoms with van der Waals surface area (Å²) < 4.78 is 1.51. The summed E-state index contributed by atoms with van der Waals surface area (Å²) in [4.78, 5) is 23.4. The van der Waals surface area contributed by atoms with Gasteiger partial charge >= 0.3 is 5.97 Å². The summed E-state index contributed by atoms with van der Waals surface area (Å²) in [5.74, 6) is -1.32. The van der Waals surface area contributed by atoms with E-state index in [2.05, 4.69) is 37.2 Å². The Kier molecular flexibility index (Phi) is 3.85. The maximum Gasteiger partial charge on any atom is 0.329 e. The molecule has 1 unspecified atom stereocenters. The van der Waals surface area contributed by atoms with Crippen molar-refractivity contribution in [1.82, 2.24) is 5.32 Å². The Hall–Kier alpha value is -0.400. The molecule has 1 heterocycles. The molecule has 1 aromatic heterocycles. The second-order valence-electron chi connectivity index (χ2n) is 4.47. The molecule has 0 saturated heterocycles. The van der Waals surface area contributed by atoms with Gasteiger partial charge in [-0.3, -0.25) is 4.79 Å². The molecule has 2 rings (SSSR count). The summed E-state index contributed by atoms with van der Waals surface area (Å²) in [5.41, 5.74) is -0.717. The first-order valence-electron chi connectivity index (χ1n) is 5.35. The van der Waals surface area contributed by atoms with E-state index in [9.17, 15) is 14.7 Å². The van der Waals surface area contributed by atoms with Crippen LogP contribution in [0.25, 0.3) is 0 Å². The first kappa shape index (κ1) is 14.0. The second-order valence-corrected chi connectivity index (χ2v) is 8.22. The fourth-order valence-corrected chi connectivity index (χ4v) is 4.58. The van der Waals surface area contributed by atoms with Crippen molar-refractivity contribution in [3.8, 4) is 0 Å². The van der Waals surface area contributed by atoms with E-state index in [4.69, 9.17) is 0 Å². The Bertz CT molecular complexity index is 512. The number of hydrogen-bond acceptors (Lipinski definition) is 3. The molecule has 4 nitrogen and oxygen atoms in total. The van der Waals surface area contributed by atoms with Gasteiger partial charge in [-0.25, -0.2) is 4.79 Å². The number of carboxylic acid groups (broad SMARTS) is 1. The number of carboxylic acids is 1. The number of thiophene rings is 1. The van der Waals surface area contributed by atoms with Gasteiger partial charge in [0, 0.05) is 0 Å². The summed E-state index contributed by atoms with van der Waals surface area (Å²) in [7, 11) is 0. The van der Waals surface area contributed by atoms with Gasteiger partial charge < -0.3 is 10.4 Å². The third-order valence-electron chi connectivity index (χ3n) is 3.11. The lowest BCUT2D eigenvalue weighted by molar-refractivity contribution is -0.144. The van der Waals surface area contributed by atoms with E-state index in [0.29, 0.717) is 9.35 Å². The first-order valence-corrected chi connectivity index (χ1v) is 7.75. The summed E-state index contributed by atoms with van der Waals surface area (Å²) in [6.07, 6.45) is 1.69. The molecule has 1 aliphatic carbocycles. The Morgan fingerprint density at radius 3 is 2.50 bits per heavy atom. The molecule has 0 spiro atoms. The van der Waals surface area contributed by atoms with Crippen LogP contribution in [0.3, 0.4) is 0 Å². The smallest absolute Gasteiger partial charge is 0.329 e. The molecule has 0 aromatic carbocycles. The molecular formula is C11H11Br2NO3S. The predicted molar refractivity (Wildman–Crippen MR) is 76.0 cm³/mol. The van der Waals surface area contributed by atoms with Crippen molar-refractivity contribution < 1.29 is 14.7 Å². The standard InChI is InChI=1S/C11H11Br2NO3S/c1-11(10(16)17,5-2-3-5)14-9(15)6-4-7(12)18-8(6)13/h4-5H,2-3H2,1H3,(H,14,15)(H,16,17). The van der Waals surface area contributed by atoms with E-state index in [-0.39, 0.29) is 11.8 Å². The molecule has 18 heavy (non-hydrogen) atoms. The first-order chi connectivity index (χ1) is 8.34. The topological polar surface area (TPSA) is 66.4 Å². The third-order valence-corrected chi connectivity index (χ3v) is 5.45. The SMILES string of the molecule is CC(NC(=O)c1cc(Br)sc1Br)(C(=O)O)C1CC1. The highest BCUT2D eigenvalue weighted by atomic mass is 79.9. The number of halogens is 2. The summed E-state index contributed by atoms with van der Waals surface area (Å²) >= 11 is 7.97. The number of rotatable bonds is 4. The van der Waals surface area contributed by atoms with Gasteiger partial charge in [0.15, 0.2) is 0 Å². The van der Waals surface area contributed by atoms with Gasteiger partial charge in [0.05, 0.1) is 13.1 Å². The number of aliphatic carboxylic acids is 1. The Morgan fingerprint density at radius 1 is 1.50 bits per heavy atom. The van der Waals surface area contributed by atoms with Gasteiger partial charge in [0.1, 0.15) is 5.54 Å². The van der Waals surface area contributed by atoms with Crippen molar-refractivity contribution in [2.24, 2.45) is 5.92 Å². The highest BCUT2D eigenvalue weighted by molar-refractivity contribution is 9.12. The van der Waals surface area contributed by atoms with E-state index in [0.717, 1.165) is 16.6 Å². The van der Waals surface area contributed by atoms with Crippen molar-refractivity contribution in [1.29, 1.82) is 0 Å². The minimum Gasteiger partial charge on any atom is -0.480 e. The Morgan fingerprint density at radius 2 is 2.11 bits per heavy atom. The molecule has 0 aliphatic heterocycles. The van der Waals surface area contributed by atoms with E-state index in [1.165, 1.54) is 11.3 Å². The highest BCUT2D eigenvalue weighted by Crippen LogP contribution is 2.40. The van der Waals surface area contributed by atoms with Crippen LogP contribution in [-0.4, -0.2) is 22.5 Å². The minimum absolute atomic E-state index is 0.0276. The number of carbonyl (C=O) groups excluding carboxylic acids is 1. The average molecular weight is 397 g/mol. The van der Waals surface area contributed by atoms with Crippen molar-refractivity contribution in [2.75, 3.05) is 0 Å². The quantitative estimate of drug-likeness (QED) is 0.820. The zero-order valence-electron chi connectivity index (χ0n) is 9.50. The van der Waals surface area contributed by atoms with Crippen LogP contribution in [0.15, 0.2) is 13.6 Å². The molecule has 98 valence electrons. The minimum atomic E-state index is -1.18. The van der Waals surface area contributed by atoms with Crippen LogP contribution in [0, 0.1) is 5.92 Å². The van der Waals surface area contributed by atoms with E-state index in [1.807, 2.05) is 0 Å². The molecule has 1 fully saturated rings. The van der Waals surface area contributed by atoms with E-state index in [1.54, 1.807) is 13.0 Å². The van der Waals surface area contributed by atoms with Crippen LogP contribution in [0.4, 0.5) is 0 Å². The largest absolute Gasteiger partial charge is 0.480 e. The fraction of sp³-hybridized carbons (Fsp3) is 0.455. The maximum absolute atomic E-state index is 12.1. The van der Waals surface area contributed by atoms with Gasteiger partial charge in [-0.1, -0.05) is 0 Å². The molecule has 1 aliphatic rings. The zero-order chi connectivity index (χ0) is 13.5. The Labute approximate surface area is 125 Å². The third kappa shape index (κ3) is 2.62. The lowest BCUT2D eigenvalue weighted by Gasteiger charge is -2.25. The average Bonchev–Trinajstić information content (AvgIpc) is 3.04. The van der Waals surface area contributed by atoms with Crippen molar-refractivity contribution >= 4 is 55.1 Å². The Balaban J connectivity index is 2.20. The molecule has 7 heteroatoms. The number of amides is 1. The van der Waals surface area contributed by atoms with Gasteiger partial charge in [-0.2, -0.15) is 0 Å². The van der Waals surface area contributed by atoms with Gasteiger partial charge in [-0.15, -0.1) is 11.3 Å². The normalized spacial score (nSPS) is 18.2. The van der Waals surface area contributed by atoms with Crippen molar-refractivity contribution in [3.63, 3.8) is 0 Å². The molecule has 0 radical (unpaired) electrons. The fourth-order valence-electron chi connectivity index (χ4n) is 1.79. The predicted octanol–water partition coefficient (Wildman–Crippen LogP) is 3.26. The van der Waals surface area contributed by atoms with E-state index < -0.39 is 11.5 Å². The molecule has 1 aromatic rings. The van der Waals surface area contributed by atoms with Crippen LogP contribution in [0.1, 0.15) is 30.1 Å². The lowest BCUT2D eigenvalue weighted by atomic mass is 9.95. The number of hydrogen-bond donors (Lipinski definition) is 2. The van der Waals surface area contributed by atoms with Crippen molar-refractivity contribution in [2.45, 2.75) is 25.3 Å². The van der Waals surface area contributed by atoms with Crippen LogP contribution in [-0.2, 0) is 4.79 Å². The zero-order valence-corrected chi connectivity index (χ0v) is 13.5. The van der Waals surface area contributed by atoms with Crippen LogP contribution < -0.4 is 5.32 Å². The molecule has 1 amide bonds. The molecular weight excluding hydrogens is 386 g/mol. The second kappa shape index (κ2) is 4.94. The summed E-state index contributed by atoms with van der Waals surface area (Å²) in [5, 5.41) is 11.9. The monoisotopic (exact) mass is 395 g/mol.